The van der Waals surface area contributed by atoms with Crippen LogP contribution in [0.15, 0.2) is 0 Å². The van der Waals surface area contributed by atoms with Gasteiger partial charge in [0.2, 0.25) is 0 Å². The Labute approximate surface area is 48.7 Å². The van der Waals surface area contributed by atoms with E-state index in [9.17, 15) is 0 Å². The van der Waals surface area contributed by atoms with Crippen LogP contribution in [0, 0.1) is 0 Å². The maximum atomic E-state index is 8.55. The van der Waals surface area contributed by atoms with Gasteiger partial charge in [0.25, 0.3) is 0 Å². The zero-order chi connectivity index (χ0) is 4.50. The van der Waals surface area contributed by atoms with Crippen LogP contribution in [0.25, 0.3) is 0 Å². The van der Waals surface area contributed by atoms with Crippen molar-refractivity contribution < 1.29 is 40.3 Å². The summed E-state index contributed by atoms with van der Waals surface area (Å²) < 4.78 is 8.55. The summed E-state index contributed by atoms with van der Waals surface area (Å²) in [5.41, 5.74) is 0. The van der Waals surface area contributed by atoms with E-state index in [1.165, 1.54) is 0 Å². The van der Waals surface area contributed by atoms with E-state index in [2.05, 4.69) is 0 Å². The van der Waals surface area contributed by atoms with Crippen molar-refractivity contribution in [3.8, 4) is 0 Å². The van der Waals surface area contributed by atoms with E-state index in [-0.39, 0.29) is 21.1 Å². The first-order valence-electron chi connectivity index (χ1n) is 0.730. The zero-order valence-corrected chi connectivity index (χ0v) is 5.56. The van der Waals surface area contributed by atoms with Crippen molar-refractivity contribution in [1.82, 2.24) is 0 Å². The van der Waals surface area contributed by atoms with Crippen LogP contribution < -0.4 is 14.7 Å². The molecule has 0 unspecified atom stereocenters. The molecule has 0 aliphatic heterocycles. The van der Waals surface area contributed by atoms with Gasteiger partial charge in [-0.2, -0.15) is 7.82 Å². The molecule has 6 heavy (non-hydrogen) atoms. The van der Waals surface area contributed by atoms with Crippen LogP contribution in [0.1, 0.15) is 0 Å². The fourth-order valence-corrected chi connectivity index (χ4v) is 0. The molecule has 0 spiro atoms. The van der Waals surface area contributed by atoms with Gasteiger partial charge in [-0.15, -0.1) is 0 Å². The molecule has 0 aromatic heterocycles. The molecule has 0 N–H and O–H groups in total. The third kappa shape index (κ3) is 109. The molecule has 0 aromatic rings. The Balaban J connectivity index is 0. The summed E-state index contributed by atoms with van der Waals surface area (Å²) in [7, 11) is -5.39. The monoisotopic (exact) mass is 290 g/mol. The van der Waals surface area contributed by atoms with E-state index in [1.54, 1.807) is 0 Å². The topological polar surface area (TPSA) is 86.2 Å². The Kier molecular flexibility index (Phi) is 4.78. The van der Waals surface area contributed by atoms with Crippen molar-refractivity contribution in [2.75, 3.05) is 0 Å². The smallest absolute Gasteiger partial charge is 0 e. The van der Waals surface area contributed by atoms with Crippen LogP contribution in [0.2, 0.25) is 0 Å². The average Bonchev–Trinajstić information content (AvgIpc) is 0.722. The predicted molar refractivity (Wildman–Crippen MR) is 7.61 cm³/mol. The maximum Gasteiger partial charge on any atom is 0 e. The Bertz CT molecular complexity index is 53.7. The van der Waals surface area contributed by atoms with Gasteiger partial charge in [-0.3, -0.25) is 0 Å². The standard InChI is InChI=1S/H3O4P.Pt/c1-5(2,3)4;/h(H3,1,2,3,4);/p-3. The molecule has 0 fully saturated rings. The fraction of sp³-hybridized carbons (Fsp3) is 0. The predicted octanol–water partition coefficient (Wildman–Crippen LogP) is -2.83. The van der Waals surface area contributed by atoms with Crippen molar-refractivity contribution in [2.24, 2.45) is 0 Å². The second-order valence-corrected chi connectivity index (χ2v) is 1.34. The molecule has 0 heterocycles. The third-order valence-corrected chi connectivity index (χ3v) is 0. The summed E-state index contributed by atoms with van der Waals surface area (Å²) in [6.45, 7) is 0. The van der Waals surface area contributed by atoms with Crippen LogP contribution in [-0.4, -0.2) is 0 Å². The van der Waals surface area contributed by atoms with Gasteiger partial charge in [0.15, 0.2) is 0 Å². The van der Waals surface area contributed by atoms with Crippen LogP contribution in [0.5, 0.6) is 0 Å². The minimum absolute atomic E-state index is 0. The Morgan fingerprint density at radius 1 is 1.17 bits per heavy atom. The van der Waals surface area contributed by atoms with Crippen LogP contribution in [-0.2, 0) is 25.6 Å². The van der Waals surface area contributed by atoms with Crippen molar-refractivity contribution in [3.05, 3.63) is 0 Å². The molecule has 0 rings (SSSR count). The molecule has 0 amide bonds. The van der Waals surface area contributed by atoms with Gasteiger partial charge in [-0.05, 0) is 0 Å². The van der Waals surface area contributed by atoms with Gasteiger partial charge in [-0.25, -0.2) is 0 Å². The van der Waals surface area contributed by atoms with Gasteiger partial charge in [-0.1, -0.05) is 0 Å². The summed E-state index contributed by atoms with van der Waals surface area (Å²) in [4.78, 5) is 25.6. The number of rotatable bonds is 0. The summed E-state index contributed by atoms with van der Waals surface area (Å²) in [6, 6.07) is 0. The SMILES string of the molecule is O=P([O-])([O-])[O-].[Pt]. The Hall–Kier alpha value is 0.798. The first-order chi connectivity index (χ1) is 2.00. The second kappa shape index (κ2) is 2.89. The zero-order valence-electron chi connectivity index (χ0n) is 2.40. The van der Waals surface area contributed by atoms with Crippen LogP contribution in [0.3, 0.4) is 0 Å². The van der Waals surface area contributed by atoms with E-state index in [0.717, 1.165) is 0 Å². The van der Waals surface area contributed by atoms with E-state index < -0.39 is 7.82 Å². The molecular weight excluding hydrogens is 290 g/mol. The largest absolute Gasteiger partial charge is 0.822 e. The summed E-state index contributed by atoms with van der Waals surface area (Å²) in [6.07, 6.45) is 0. The summed E-state index contributed by atoms with van der Waals surface area (Å²) >= 11 is 0. The molecular formula is O4PPt-3. The van der Waals surface area contributed by atoms with E-state index >= 15 is 0 Å². The molecule has 0 aliphatic rings. The molecule has 0 radical (unpaired) electrons. The van der Waals surface area contributed by atoms with Crippen LogP contribution >= 0.6 is 7.82 Å². The van der Waals surface area contributed by atoms with E-state index in [0.29, 0.717) is 0 Å². The molecule has 4 nitrogen and oxygen atoms in total. The fourth-order valence-electron chi connectivity index (χ4n) is 0. The minimum atomic E-state index is -5.39. The van der Waals surface area contributed by atoms with Gasteiger partial charge in [0.05, 0.1) is 0 Å². The normalized spacial score (nSPS) is 9.83. The Morgan fingerprint density at radius 3 is 1.17 bits per heavy atom. The Morgan fingerprint density at radius 2 is 1.17 bits per heavy atom. The summed E-state index contributed by atoms with van der Waals surface area (Å²) in [5, 5.41) is 0. The number of hydrogen-bond donors (Lipinski definition) is 0. The molecule has 0 saturated carbocycles. The van der Waals surface area contributed by atoms with E-state index in [4.69, 9.17) is 19.2 Å². The first kappa shape index (κ1) is 9.93. The molecule has 6 heteroatoms. The van der Waals surface area contributed by atoms with Gasteiger partial charge in [0.1, 0.15) is 0 Å². The van der Waals surface area contributed by atoms with Crippen molar-refractivity contribution in [3.63, 3.8) is 0 Å². The second-order valence-electron chi connectivity index (χ2n) is 0.447. The number of phosphoric acid groups is 1. The molecule has 0 bridgehead atoms. The molecule has 0 aliphatic carbocycles. The van der Waals surface area contributed by atoms with Crippen molar-refractivity contribution in [1.29, 1.82) is 0 Å². The quantitative estimate of drug-likeness (QED) is 0.450. The maximum absolute atomic E-state index is 8.55. The summed E-state index contributed by atoms with van der Waals surface area (Å²) in [5.74, 6) is 0. The molecule has 0 aromatic carbocycles. The van der Waals surface area contributed by atoms with Crippen LogP contribution in [0.4, 0.5) is 0 Å². The van der Waals surface area contributed by atoms with Crippen molar-refractivity contribution in [2.45, 2.75) is 0 Å². The average molecular weight is 290 g/mol. The van der Waals surface area contributed by atoms with Gasteiger partial charge >= 0.3 is 0 Å². The first-order valence-corrected chi connectivity index (χ1v) is 2.19. The van der Waals surface area contributed by atoms with Gasteiger partial charge < -0.3 is 19.2 Å². The van der Waals surface area contributed by atoms with E-state index in [1.807, 2.05) is 0 Å². The van der Waals surface area contributed by atoms with Crippen molar-refractivity contribution >= 4 is 7.82 Å². The van der Waals surface area contributed by atoms with Gasteiger partial charge in [0, 0.05) is 21.1 Å². The molecule has 0 saturated heterocycles. The minimum Gasteiger partial charge on any atom is -0.822 e. The molecule has 0 atom stereocenters. The molecule has 42 valence electrons. The number of hydrogen-bond acceptors (Lipinski definition) is 4. The third-order valence-electron chi connectivity index (χ3n) is 0.